The average Bonchev–Trinajstić information content (AvgIpc) is 0.907. The number of rotatable bonds is 84. The number of hydrogen-bond donors (Lipinski definition) is 3. The first kappa shape index (κ1) is 103. The zero-order chi connectivity index (χ0) is 77.2. The van der Waals surface area contributed by atoms with Crippen LogP contribution in [-0.4, -0.2) is 96.7 Å². The molecule has 0 rings (SSSR count). The molecule has 0 saturated carbocycles. The van der Waals surface area contributed by atoms with Crippen molar-refractivity contribution in [2.45, 2.75) is 471 Å². The highest BCUT2D eigenvalue weighted by Crippen LogP contribution is 2.45. The van der Waals surface area contributed by atoms with Gasteiger partial charge in [-0.15, -0.1) is 0 Å². The molecule has 0 heterocycles. The summed E-state index contributed by atoms with van der Waals surface area (Å²) < 4.78 is 68.9. The lowest BCUT2D eigenvalue weighted by molar-refractivity contribution is -0.161. The number of esters is 4. The molecule has 6 atom stereocenters. The summed E-state index contributed by atoms with van der Waals surface area (Å²) in [4.78, 5) is 73.2. The molecular weight excluding hydrogens is 1370 g/mol. The van der Waals surface area contributed by atoms with Crippen LogP contribution in [0.5, 0.6) is 0 Å². The Morgan fingerprint density at radius 2 is 0.486 bits per heavy atom. The van der Waals surface area contributed by atoms with Gasteiger partial charge in [0.25, 0.3) is 0 Å². The normalized spacial score (nSPS) is 14.1. The molecule has 0 saturated heterocycles. The van der Waals surface area contributed by atoms with Crippen LogP contribution in [0.1, 0.15) is 453 Å². The van der Waals surface area contributed by atoms with Crippen molar-refractivity contribution in [3.63, 3.8) is 0 Å². The van der Waals surface area contributed by atoms with Gasteiger partial charge in [-0.2, -0.15) is 0 Å². The Morgan fingerprint density at radius 3 is 0.724 bits per heavy atom. The van der Waals surface area contributed by atoms with E-state index in [1.165, 1.54) is 263 Å². The molecule has 0 spiro atoms. The second-order valence-corrected chi connectivity index (χ2v) is 35.0. The van der Waals surface area contributed by atoms with Crippen molar-refractivity contribution in [1.82, 2.24) is 0 Å². The van der Waals surface area contributed by atoms with E-state index in [2.05, 4.69) is 48.5 Å². The van der Waals surface area contributed by atoms with Gasteiger partial charge < -0.3 is 33.8 Å². The number of hydrogen-bond acceptors (Lipinski definition) is 15. The Bertz CT molecular complexity index is 2030. The molecule has 0 fully saturated rings. The summed E-state index contributed by atoms with van der Waals surface area (Å²) >= 11 is 0. The van der Waals surface area contributed by atoms with Crippen molar-refractivity contribution < 1.29 is 80.2 Å². The Balaban J connectivity index is 5.25. The fourth-order valence-corrected chi connectivity index (χ4v) is 14.9. The number of phosphoric ester groups is 2. The SMILES string of the molecule is CCCCCCCCCCCCCCCCC(=O)O[C@H](COC(=O)CCCCCCCCCCCCC(C)C)COP(=O)(O)OC[C@H](O)COP(=O)(O)OC[C@@H](COC(=O)CCCCCCCCCCCCCCCC(C)C)OC(=O)CCCCCCCCCCCCCCCCCCCCC(C)CC. The third-order valence-corrected chi connectivity index (χ3v) is 22.4. The number of aliphatic hydroxyl groups excluding tert-OH is 1. The van der Waals surface area contributed by atoms with Crippen LogP contribution in [0.25, 0.3) is 0 Å². The van der Waals surface area contributed by atoms with Crippen LogP contribution < -0.4 is 0 Å². The van der Waals surface area contributed by atoms with Crippen LogP contribution in [0, 0.1) is 17.8 Å². The van der Waals surface area contributed by atoms with Gasteiger partial charge in [0.2, 0.25) is 0 Å². The van der Waals surface area contributed by atoms with E-state index in [1.807, 2.05) is 0 Å². The van der Waals surface area contributed by atoms with Gasteiger partial charge in [-0.25, -0.2) is 9.13 Å². The minimum atomic E-state index is -4.97. The predicted octanol–water partition coefficient (Wildman–Crippen LogP) is 26.1. The molecule has 19 heteroatoms. The minimum Gasteiger partial charge on any atom is -0.462 e. The first-order chi connectivity index (χ1) is 50.8. The molecule has 624 valence electrons. The van der Waals surface area contributed by atoms with E-state index in [0.717, 1.165) is 108 Å². The van der Waals surface area contributed by atoms with Crippen LogP contribution in [-0.2, 0) is 65.4 Å². The highest BCUT2D eigenvalue weighted by atomic mass is 31.2. The topological polar surface area (TPSA) is 237 Å². The zero-order valence-electron chi connectivity index (χ0n) is 69.2. The molecule has 0 aliphatic rings. The monoisotopic (exact) mass is 1540 g/mol. The van der Waals surface area contributed by atoms with Gasteiger partial charge in [-0.1, -0.05) is 402 Å². The molecule has 17 nitrogen and oxygen atoms in total. The third-order valence-electron chi connectivity index (χ3n) is 20.5. The second-order valence-electron chi connectivity index (χ2n) is 32.1. The van der Waals surface area contributed by atoms with E-state index >= 15 is 0 Å². The van der Waals surface area contributed by atoms with Crippen LogP contribution in [0.3, 0.4) is 0 Å². The van der Waals surface area contributed by atoms with Gasteiger partial charge >= 0.3 is 39.5 Å². The van der Waals surface area contributed by atoms with E-state index < -0.39 is 97.5 Å². The largest absolute Gasteiger partial charge is 0.472 e. The summed E-state index contributed by atoms with van der Waals surface area (Å²) in [5.74, 6) is 0.318. The summed E-state index contributed by atoms with van der Waals surface area (Å²) in [6.07, 6.45) is 66.5. The van der Waals surface area contributed by atoms with Crippen molar-refractivity contribution in [3.05, 3.63) is 0 Å². The fourth-order valence-electron chi connectivity index (χ4n) is 13.3. The fraction of sp³-hybridized carbons (Fsp3) is 0.953. The highest BCUT2D eigenvalue weighted by Gasteiger charge is 2.30. The van der Waals surface area contributed by atoms with Crippen molar-refractivity contribution in [1.29, 1.82) is 0 Å². The number of carbonyl (C=O) groups is 4. The smallest absolute Gasteiger partial charge is 0.462 e. The summed E-state index contributed by atoms with van der Waals surface area (Å²) in [7, 11) is -9.93. The molecule has 0 bridgehead atoms. The van der Waals surface area contributed by atoms with E-state index in [0.29, 0.717) is 25.7 Å². The summed E-state index contributed by atoms with van der Waals surface area (Å²) in [5, 5.41) is 10.7. The summed E-state index contributed by atoms with van der Waals surface area (Å²) in [6, 6.07) is 0. The minimum absolute atomic E-state index is 0.108. The van der Waals surface area contributed by atoms with Gasteiger partial charge in [0.15, 0.2) is 12.2 Å². The van der Waals surface area contributed by atoms with E-state index in [-0.39, 0.29) is 25.7 Å². The predicted molar refractivity (Wildman–Crippen MR) is 432 cm³/mol. The van der Waals surface area contributed by atoms with Crippen molar-refractivity contribution in [2.24, 2.45) is 17.8 Å². The molecule has 105 heavy (non-hydrogen) atoms. The van der Waals surface area contributed by atoms with Crippen LogP contribution in [0.2, 0.25) is 0 Å². The molecule has 0 aromatic heterocycles. The number of unbranched alkanes of at least 4 members (excludes halogenated alkanes) is 51. The van der Waals surface area contributed by atoms with Crippen molar-refractivity contribution >= 4 is 39.5 Å². The van der Waals surface area contributed by atoms with E-state index in [9.17, 15) is 43.2 Å². The third kappa shape index (κ3) is 78.5. The van der Waals surface area contributed by atoms with Gasteiger partial charge in [-0.05, 0) is 43.4 Å². The number of ether oxygens (including phenoxy) is 4. The Labute approximate surface area is 645 Å². The summed E-state index contributed by atoms with van der Waals surface area (Å²) in [6.45, 7) is 12.1. The van der Waals surface area contributed by atoms with Gasteiger partial charge in [0.1, 0.15) is 19.3 Å². The van der Waals surface area contributed by atoms with Crippen molar-refractivity contribution in [2.75, 3.05) is 39.6 Å². The first-order valence-electron chi connectivity index (χ1n) is 44.4. The Kier molecular flexibility index (Phi) is 74.7. The van der Waals surface area contributed by atoms with Crippen LogP contribution in [0.4, 0.5) is 0 Å². The van der Waals surface area contributed by atoms with Crippen molar-refractivity contribution in [3.8, 4) is 0 Å². The number of carbonyl (C=O) groups excluding carboxylic acids is 4. The molecular formula is C86H168O17P2. The van der Waals surface area contributed by atoms with Gasteiger partial charge in [-0.3, -0.25) is 37.3 Å². The van der Waals surface area contributed by atoms with Crippen LogP contribution >= 0.6 is 15.6 Å². The maximum absolute atomic E-state index is 13.1. The molecule has 0 aliphatic carbocycles. The Hall–Kier alpha value is -1.94. The standard InChI is InChI=1S/C86H168O17P2/c1-8-10-11-12-13-14-15-16-26-32-41-48-55-62-69-85(90)103-82(74-97-84(89)68-61-54-47-40-35-34-37-44-51-58-65-78(5)6)76-101-105(94,95)99-72-80(87)71-98-104(92,93)100-75-81(73-96-83(88)67-60-53-46-39-31-28-23-24-29-36-43-50-57-64-77(3)4)102-86(91)70-63-56-49-42-33-27-22-20-18-17-19-21-25-30-38-45-52-59-66-79(7)9-2/h77-82,87H,8-76H2,1-7H3,(H,92,93)(H,94,95)/t79?,80-,81-,82-/m1/s1. The average molecular weight is 1540 g/mol. The number of aliphatic hydroxyl groups is 1. The van der Waals surface area contributed by atoms with Crippen LogP contribution in [0.15, 0.2) is 0 Å². The van der Waals surface area contributed by atoms with E-state index in [4.69, 9.17) is 37.0 Å². The molecule has 3 N–H and O–H groups in total. The highest BCUT2D eigenvalue weighted by molar-refractivity contribution is 7.47. The zero-order valence-corrected chi connectivity index (χ0v) is 71.0. The number of phosphoric acid groups is 2. The Morgan fingerprint density at radius 1 is 0.276 bits per heavy atom. The molecule has 0 amide bonds. The molecule has 3 unspecified atom stereocenters. The maximum atomic E-state index is 13.1. The van der Waals surface area contributed by atoms with Gasteiger partial charge in [0.05, 0.1) is 26.4 Å². The molecule has 0 radical (unpaired) electrons. The lowest BCUT2D eigenvalue weighted by atomic mass is 9.99. The molecule has 0 aromatic carbocycles. The molecule has 0 aromatic rings. The maximum Gasteiger partial charge on any atom is 0.472 e. The van der Waals surface area contributed by atoms with Gasteiger partial charge in [0, 0.05) is 25.7 Å². The second kappa shape index (κ2) is 76.1. The summed E-state index contributed by atoms with van der Waals surface area (Å²) in [5.41, 5.74) is 0. The quantitative estimate of drug-likeness (QED) is 0.0222. The first-order valence-corrected chi connectivity index (χ1v) is 47.4. The lowest BCUT2D eigenvalue weighted by Gasteiger charge is -2.21. The van der Waals surface area contributed by atoms with E-state index in [1.54, 1.807) is 0 Å². The lowest BCUT2D eigenvalue weighted by Crippen LogP contribution is -2.30. The molecule has 0 aliphatic heterocycles.